The van der Waals surface area contributed by atoms with E-state index in [1.807, 2.05) is 6.20 Å². The second-order valence-electron chi connectivity index (χ2n) is 18.1. The Hall–Kier alpha value is -6.77. The molecule has 10 aromatic carbocycles. The minimum absolute atomic E-state index is 0.0192. The van der Waals surface area contributed by atoms with Crippen LogP contribution in [-0.4, -0.2) is 10.5 Å². The fourth-order valence-electron chi connectivity index (χ4n) is 12.4. The van der Waals surface area contributed by atoms with Crippen molar-refractivity contribution in [2.24, 2.45) is 0 Å². The Balaban J connectivity index is 1.15. The van der Waals surface area contributed by atoms with Gasteiger partial charge in [-0.3, -0.25) is 4.98 Å². The maximum Gasteiger partial charge on any atom is 0.0517 e. The van der Waals surface area contributed by atoms with Crippen molar-refractivity contribution in [3.05, 3.63) is 175 Å². The average Bonchev–Trinajstić information content (AvgIpc) is 3.87. The van der Waals surface area contributed by atoms with Gasteiger partial charge in [-0.1, -0.05) is 153 Å². The summed E-state index contributed by atoms with van der Waals surface area (Å²) in [7, 11) is 0. The zero-order chi connectivity index (χ0) is 39.9. The van der Waals surface area contributed by atoms with E-state index in [-0.39, 0.29) is 11.0 Å². The number of rotatable bonds is 4. The number of aromatic nitrogens is 1. The Morgan fingerprint density at radius 2 is 1.07 bits per heavy atom. The molecule has 2 heteroatoms. The van der Waals surface area contributed by atoms with Gasteiger partial charge in [0.15, 0.2) is 0 Å². The second kappa shape index (κ2) is 12.1. The Labute approximate surface area is 350 Å². The lowest BCUT2D eigenvalue weighted by Crippen LogP contribution is -2.54. The molecule has 0 spiro atoms. The van der Waals surface area contributed by atoms with Crippen molar-refractivity contribution in [3.8, 4) is 33.4 Å². The van der Waals surface area contributed by atoms with Crippen LogP contribution in [-0.2, 0) is 5.41 Å². The molecule has 2 heterocycles. The molecule has 1 aliphatic heterocycles. The summed E-state index contributed by atoms with van der Waals surface area (Å²) >= 11 is 0. The highest BCUT2D eigenvalue weighted by atomic mass is 15.3. The van der Waals surface area contributed by atoms with E-state index in [1.54, 1.807) is 0 Å². The van der Waals surface area contributed by atoms with Gasteiger partial charge in [-0.05, 0) is 155 Å². The van der Waals surface area contributed by atoms with Gasteiger partial charge in [0.25, 0.3) is 0 Å². The molecule has 2 aliphatic rings. The molecule has 0 saturated heterocycles. The van der Waals surface area contributed by atoms with Crippen molar-refractivity contribution in [3.63, 3.8) is 0 Å². The number of hydrogen-bond donors (Lipinski definition) is 0. The third kappa shape index (κ3) is 4.31. The second-order valence-corrected chi connectivity index (χ2v) is 18.1. The summed E-state index contributed by atoms with van der Waals surface area (Å²) in [5, 5.41) is 16.1. The van der Waals surface area contributed by atoms with Crippen molar-refractivity contribution in [1.82, 2.24) is 4.98 Å². The normalized spacial score (nSPS) is 19.1. The zero-order valence-electron chi connectivity index (χ0n) is 34.3. The fourth-order valence-corrected chi connectivity index (χ4v) is 12.4. The molecule has 286 valence electrons. The summed E-state index contributed by atoms with van der Waals surface area (Å²) in [5.41, 5.74) is 12.9. The molecule has 60 heavy (non-hydrogen) atoms. The minimum atomic E-state index is -0.0192. The molecule has 1 fully saturated rings. The van der Waals surface area contributed by atoms with Crippen molar-refractivity contribution in [2.75, 3.05) is 4.90 Å². The summed E-state index contributed by atoms with van der Waals surface area (Å²) in [6.07, 6.45) is 6.85. The lowest BCUT2D eigenvalue weighted by molar-refractivity contribution is 0.195. The maximum absolute atomic E-state index is 4.58. The van der Waals surface area contributed by atoms with Gasteiger partial charge in [0.1, 0.15) is 0 Å². The van der Waals surface area contributed by atoms with Gasteiger partial charge in [0, 0.05) is 28.7 Å². The summed E-state index contributed by atoms with van der Waals surface area (Å²) in [6.45, 7) is 7.17. The molecule has 13 rings (SSSR count). The van der Waals surface area contributed by atoms with Crippen LogP contribution in [0.3, 0.4) is 0 Å². The fraction of sp³-hybridized carbons (Fsp3) is 0.155. The van der Waals surface area contributed by atoms with Gasteiger partial charge >= 0.3 is 0 Å². The average molecular weight is 769 g/mol. The molecule has 0 radical (unpaired) electrons. The standard InChI is InChI=1S/C58H44N2/c1-35-33-40(29-32-59-35)60-48-28-25-39(34-47(48)57(2)30-10-11-31-58(57,60)3)41-26-27-46-52-42(41)21-14-24-45(52)55-50(37-15-6-4-7-16-37)53-43-22-12-19-36-20-13-23-44(49(36)43)54(53)51(56(46)55)38-17-8-5-9-18-38/h4-9,12-29,32-34H,10-11,30-31H2,1-3H3. The number of hydrogen-bond acceptors (Lipinski definition) is 2. The Morgan fingerprint density at radius 1 is 0.483 bits per heavy atom. The van der Waals surface area contributed by atoms with E-state index in [0.717, 1.165) is 5.69 Å². The van der Waals surface area contributed by atoms with Crippen molar-refractivity contribution in [2.45, 2.75) is 57.4 Å². The van der Waals surface area contributed by atoms with E-state index in [9.17, 15) is 0 Å². The lowest BCUT2D eigenvalue weighted by Gasteiger charge is -2.50. The van der Waals surface area contributed by atoms with Crippen LogP contribution >= 0.6 is 0 Å². The Kier molecular flexibility index (Phi) is 6.91. The van der Waals surface area contributed by atoms with E-state index in [2.05, 4.69) is 188 Å². The van der Waals surface area contributed by atoms with E-state index < -0.39 is 0 Å². The number of benzene rings is 8. The van der Waals surface area contributed by atoms with Crippen LogP contribution < -0.4 is 4.90 Å². The monoisotopic (exact) mass is 768 g/mol. The molecule has 0 amide bonds. The van der Waals surface area contributed by atoms with Gasteiger partial charge in [0.2, 0.25) is 0 Å². The summed E-state index contributed by atoms with van der Waals surface area (Å²) < 4.78 is 0. The van der Waals surface area contributed by atoms with Crippen LogP contribution in [0.15, 0.2) is 164 Å². The van der Waals surface area contributed by atoms with Gasteiger partial charge in [-0.2, -0.15) is 0 Å². The third-order valence-corrected chi connectivity index (χ3v) is 15.2. The molecule has 1 aliphatic carbocycles. The Bertz CT molecular complexity index is 3400. The van der Waals surface area contributed by atoms with Crippen molar-refractivity contribution >= 4 is 76.0 Å². The topological polar surface area (TPSA) is 16.1 Å². The zero-order valence-corrected chi connectivity index (χ0v) is 34.3. The maximum atomic E-state index is 4.58. The number of anilines is 2. The van der Waals surface area contributed by atoms with Crippen molar-refractivity contribution < 1.29 is 0 Å². The van der Waals surface area contributed by atoms with Gasteiger partial charge in [-0.25, -0.2) is 0 Å². The smallest absolute Gasteiger partial charge is 0.0517 e. The predicted molar refractivity (Wildman–Crippen MR) is 255 cm³/mol. The molecule has 1 aromatic heterocycles. The molecule has 2 nitrogen and oxygen atoms in total. The lowest BCUT2D eigenvalue weighted by atomic mass is 9.61. The predicted octanol–water partition coefficient (Wildman–Crippen LogP) is 15.9. The Morgan fingerprint density at radius 3 is 1.72 bits per heavy atom. The van der Waals surface area contributed by atoms with E-state index in [4.69, 9.17) is 0 Å². The largest absolute Gasteiger partial charge is 0.334 e. The number of aryl methyl sites for hydroxylation is 1. The SMILES string of the molecule is Cc1cc(N2c3ccc(-c4ccc5c6c(-c7ccccc7)c7c8cccc9cccc(c7c(-c7ccccc7)c6c6cccc4c65)c98)cc3C3(C)CCCCC23C)ccn1. The first kappa shape index (κ1) is 34.1. The third-order valence-electron chi connectivity index (χ3n) is 15.2. The summed E-state index contributed by atoms with van der Waals surface area (Å²) in [5.74, 6) is 0. The van der Waals surface area contributed by atoms with Crippen LogP contribution in [0.1, 0.15) is 50.8 Å². The van der Waals surface area contributed by atoms with Gasteiger partial charge in [0.05, 0.1) is 5.54 Å². The van der Waals surface area contributed by atoms with Crippen LogP contribution in [0.25, 0.3) is 98.0 Å². The molecule has 2 unspecified atom stereocenters. The molecule has 0 bridgehead atoms. The number of pyridine rings is 1. The van der Waals surface area contributed by atoms with E-state index >= 15 is 0 Å². The molecule has 0 N–H and O–H groups in total. The van der Waals surface area contributed by atoms with Gasteiger partial charge < -0.3 is 4.90 Å². The van der Waals surface area contributed by atoms with Crippen LogP contribution in [0.2, 0.25) is 0 Å². The first-order valence-corrected chi connectivity index (χ1v) is 21.8. The van der Waals surface area contributed by atoms with E-state index in [1.165, 1.54) is 141 Å². The first-order chi connectivity index (χ1) is 29.4. The quantitative estimate of drug-likeness (QED) is 0.177. The van der Waals surface area contributed by atoms with Crippen molar-refractivity contribution in [1.29, 1.82) is 0 Å². The summed E-state index contributed by atoms with van der Waals surface area (Å²) in [4.78, 5) is 7.25. The van der Waals surface area contributed by atoms with Crippen LogP contribution in [0, 0.1) is 6.92 Å². The molecular formula is C58H44N2. The minimum Gasteiger partial charge on any atom is -0.334 e. The number of nitrogens with zero attached hydrogens (tertiary/aromatic N) is 2. The first-order valence-electron chi connectivity index (χ1n) is 21.8. The highest BCUT2D eigenvalue weighted by Gasteiger charge is 2.57. The van der Waals surface area contributed by atoms with Crippen LogP contribution in [0.5, 0.6) is 0 Å². The molecule has 11 aromatic rings. The van der Waals surface area contributed by atoms with E-state index in [0.29, 0.717) is 0 Å². The highest BCUT2D eigenvalue weighted by molar-refractivity contribution is 6.46. The van der Waals surface area contributed by atoms with Gasteiger partial charge in [-0.15, -0.1) is 0 Å². The van der Waals surface area contributed by atoms with Crippen LogP contribution in [0.4, 0.5) is 11.4 Å². The summed E-state index contributed by atoms with van der Waals surface area (Å²) in [6, 6.07) is 59.9. The highest BCUT2D eigenvalue weighted by Crippen LogP contribution is 2.62. The number of fused-ring (bicyclic) bond motifs is 9. The molecule has 2 atom stereocenters. The molecule has 1 saturated carbocycles. The molecular weight excluding hydrogens is 725 g/mol.